The van der Waals surface area contributed by atoms with Gasteiger partial charge in [-0.15, -0.1) is 0 Å². The average molecular weight is 218 g/mol. The van der Waals surface area contributed by atoms with Crippen LogP contribution in [0, 0.1) is 5.75 Å². The normalized spacial score (nSPS) is 10.7. The summed E-state index contributed by atoms with van der Waals surface area (Å²) >= 11 is 0. The molecule has 0 radical (unpaired) electrons. The van der Waals surface area contributed by atoms with E-state index in [1.807, 2.05) is 13.0 Å². The van der Waals surface area contributed by atoms with Crippen LogP contribution in [0.5, 0.6) is 0 Å². The molecule has 0 aliphatic rings. The average Bonchev–Trinajstić information content (AvgIpc) is 2.19. The van der Waals surface area contributed by atoms with Gasteiger partial charge in [0.1, 0.15) is 0 Å². The Bertz CT molecular complexity index is 359. The Morgan fingerprint density at radius 1 is 1.20 bits per heavy atom. The van der Waals surface area contributed by atoms with Crippen molar-refractivity contribution >= 4 is 9.84 Å². The molecular weight excluding hydrogens is 203 g/mol. The van der Waals surface area contributed by atoms with Crippen LogP contribution in [0.3, 0.4) is 0 Å². The molecule has 2 nitrogen and oxygen atoms in total. The Morgan fingerprint density at radius 2 is 1.80 bits per heavy atom. The Balaban J connectivity index is 0.00000196. The summed E-state index contributed by atoms with van der Waals surface area (Å²) in [6, 6.07) is 8.53. The van der Waals surface area contributed by atoms with Gasteiger partial charge in [0, 0.05) is 4.90 Å². The fourth-order valence-electron chi connectivity index (χ4n) is 1.15. The number of sulfone groups is 1. The predicted octanol–water partition coefficient (Wildman–Crippen LogP) is -0.184. The summed E-state index contributed by atoms with van der Waals surface area (Å²) in [6.07, 6.45) is 2.57. The molecule has 0 bridgehead atoms. The molecule has 15 heavy (non-hydrogen) atoms. The first-order chi connectivity index (χ1) is 6.67. The first-order valence-corrected chi connectivity index (χ1v) is 6.35. The molecule has 0 amide bonds. The van der Waals surface area contributed by atoms with E-state index < -0.39 is 9.84 Å². The van der Waals surface area contributed by atoms with Crippen molar-refractivity contribution in [1.82, 2.24) is 0 Å². The van der Waals surface area contributed by atoms with Crippen molar-refractivity contribution in [3.63, 3.8) is 0 Å². The zero-order valence-corrected chi connectivity index (χ0v) is 10.1. The van der Waals surface area contributed by atoms with Gasteiger partial charge in [-0.05, 0) is 12.1 Å². The number of rotatable bonds is 5. The van der Waals surface area contributed by atoms with Crippen LogP contribution in [0.15, 0.2) is 35.2 Å². The van der Waals surface area contributed by atoms with Crippen molar-refractivity contribution in [1.29, 1.82) is 0 Å². The first kappa shape index (κ1) is 14.8. The van der Waals surface area contributed by atoms with Crippen molar-refractivity contribution in [3.8, 4) is 0 Å². The second kappa shape index (κ2) is 7.11. The van der Waals surface area contributed by atoms with Gasteiger partial charge in [-0.25, -0.2) is 5.75 Å². The molecular formula is C11H15LiO2S. The van der Waals surface area contributed by atoms with Crippen LogP contribution in [0.25, 0.3) is 0 Å². The third-order valence-electron chi connectivity index (χ3n) is 1.97. The van der Waals surface area contributed by atoms with Crippen LogP contribution in [0.4, 0.5) is 0 Å². The topological polar surface area (TPSA) is 34.1 Å². The number of unbranched alkanes of at least 4 members (excludes halogenated alkanes) is 2. The van der Waals surface area contributed by atoms with Gasteiger partial charge in [-0.1, -0.05) is 38.0 Å². The van der Waals surface area contributed by atoms with E-state index in [9.17, 15) is 8.42 Å². The molecule has 0 aromatic heterocycles. The molecule has 0 spiro atoms. The smallest absolute Gasteiger partial charge is 0.257 e. The predicted molar refractivity (Wildman–Crippen MR) is 57.5 cm³/mol. The zero-order valence-electron chi connectivity index (χ0n) is 9.31. The van der Waals surface area contributed by atoms with Crippen LogP contribution in [0.1, 0.15) is 26.2 Å². The summed E-state index contributed by atoms with van der Waals surface area (Å²) in [5.74, 6) is 1.41. The van der Waals surface area contributed by atoms with Crippen molar-refractivity contribution in [2.75, 3.05) is 0 Å². The SMILES string of the molecule is CCCC[CH-]S(=O)(=O)c1ccccc1.[Li+]. The summed E-state index contributed by atoms with van der Waals surface area (Å²) in [4.78, 5) is 0.385. The number of benzene rings is 1. The Morgan fingerprint density at radius 3 is 2.33 bits per heavy atom. The van der Waals surface area contributed by atoms with Crippen molar-refractivity contribution in [2.24, 2.45) is 0 Å². The molecule has 1 aromatic rings. The first-order valence-electron chi connectivity index (χ1n) is 4.80. The Kier molecular flexibility index (Phi) is 7.00. The Labute approximate surface area is 104 Å². The van der Waals surface area contributed by atoms with Gasteiger partial charge >= 0.3 is 18.9 Å². The van der Waals surface area contributed by atoms with E-state index in [-0.39, 0.29) is 18.9 Å². The van der Waals surface area contributed by atoms with Gasteiger partial charge in [0.25, 0.3) is 0 Å². The van der Waals surface area contributed by atoms with E-state index in [1.54, 1.807) is 24.3 Å². The zero-order chi connectivity index (χ0) is 10.4. The van der Waals surface area contributed by atoms with Crippen LogP contribution in [0.2, 0.25) is 0 Å². The molecule has 1 rings (SSSR count). The Hall–Kier alpha value is -0.233. The van der Waals surface area contributed by atoms with Gasteiger partial charge in [0.2, 0.25) is 0 Å². The van der Waals surface area contributed by atoms with Crippen LogP contribution in [-0.2, 0) is 9.84 Å². The number of hydrogen-bond acceptors (Lipinski definition) is 2. The molecule has 0 N–H and O–H groups in total. The van der Waals surface area contributed by atoms with Gasteiger partial charge in [0.15, 0.2) is 0 Å². The third kappa shape index (κ3) is 4.88. The second-order valence-corrected chi connectivity index (χ2v) is 5.06. The third-order valence-corrected chi connectivity index (χ3v) is 3.57. The fourth-order valence-corrected chi connectivity index (χ4v) is 2.35. The minimum atomic E-state index is -3.16. The quantitative estimate of drug-likeness (QED) is 0.390. The fraction of sp³-hybridized carbons (Fsp3) is 0.364. The summed E-state index contributed by atoms with van der Waals surface area (Å²) in [6.45, 7) is 2.04. The van der Waals surface area contributed by atoms with Gasteiger partial charge in [-0.3, -0.25) is 8.42 Å². The maximum absolute atomic E-state index is 11.7. The van der Waals surface area contributed by atoms with Crippen molar-refractivity contribution in [3.05, 3.63) is 36.1 Å². The molecule has 0 aliphatic carbocycles. The summed E-state index contributed by atoms with van der Waals surface area (Å²) in [7, 11) is -3.16. The second-order valence-electron chi connectivity index (χ2n) is 3.17. The molecule has 0 fully saturated rings. The monoisotopic (exact) mass is 218 g/mol. The minimum absolute atomic E-state index is 0. The molecule has 78 valence electrons. The van der Waals surface area contributed by atoms with E-state index in [0.29, 0.717) is 11.3 Å². The van der Waals surface area contributed by atoms with Gasteiger partial charge in [0.05, 0.1) is 9.84 Å². The number of hydrogen-bond donors (Lipinski definition) is 0. The summed E-state index contributed by atoms with van der Waals surface area (Å²) in [5, 5.41) is 0. The molecule has 0 atom stereocenters. The molecule has 0 heterocycles. The van der Waals surface area contributed by atoms with E-state index in [4.69, 9.17) is 0 Å². The summed E-state index contributed by atoms with van der Waals surface area (Å²) in [5.41, 5.74) is 0. The van der Waals surface area contributed by atoms with Gasteiger partial charge in [-0.2, -0.15) is 6.42 Å². The van der Waals surface area contributed by atoms with Crippen LogP contribution >= 0.6 is 0 Å². The molecule has 0 unspecified atom stereocenters. The maximum atomic E-state index is 11.7. The van der Waals surface area contributed by atoms with Gasteiger partial charge < -0.3 is 0 Å². The van der Waals surface area contributed by atoms with E-state index in [2.05, 4.69) is 0 Å². The van der Waals surface area contributed by atoms with E-state index in [1.165, 1.54) is 5.75 Å². The molecule has 0 aliphatic heterocycles. The molecule has 0 saturated carbocycles. The molecule has 1 aromatic carbocycles. The van der Waals surface area contributed by atoms with Crippen LogP contribution < -0.4 is 18.9 Å². The minimum Gasteiger partial charge on any atom is -0.257 e. The van der Waals surface area contributed by atoms with Crippen molar-refractivity contribution < 1.29 is 27.3 Å². The van der Waals surface area contributed by atoms with Crippen LogP contribution in [-0.4, -0.2) is 8.42 Å². The molecule has 4 heteroatoms. The molecule has 0 saturated heterocycles. The van der Waals surface area contributed by atoms with Crippen molar-refractivity contribution in [2.45, 2.75) is 31.1 Å². The largest absolute Gasteiger partial charge is 1.00 e. The van der Waals surface area contributed by atoms with E-state index in [0.717, 1.165) is 12.8 Å². The standard InChI is InChI=1S/C11H15O2S.Li/c1-2-3-7-10-14(12,13)11-8-5-4-6-9-11;/h4-6,8-10H,2-3,7H2,1H3;/q-1;+1. The summed E-state index contributed by atoms with van der Waals surface area (Å²) < 4.78 is 23.3. The van der Waals surface area contributed by atoms with E-state index >= 15 is 0 Å². The maximum Gasteiger partial charge on any atom is 1.00 e.